The molecule has 0 saturated heterocycles. The number of alkyl halides is 1. The summed E-state index contributed by atoms with van der Waals surface area (Å²) in [5.74, 6) is -1.70. The Morgan fingerprint density at radius 2 is 2.00 bits per heavy atom. The van der Waals surface area contributed by atoms with E-state index in [4.69, 9.17) is 4.74 Å². The highest BCUT2D eigenvalue weighted by molar-refractivity contribution is 7.81. The number of hydrogen-bond acceptors (Lipinski definition) is 2. The fourth-order valence-corrected chi connectivity index (χ4v) is 1.42. The van der Waals surface area contributed by atoms with E-state index < -0.39 is 5.85 Å². The Bertz CT molecular complexity index is 119. The highest BCUT2D eigenvalue weighted by Crippen LogP contribution is 2.32. The van der Waals surface area contributed by atoms with Crippen LogP contribution in [0.3, 0.4) is 0 Å². The van der Waals surface area contributed by atoms with E-state index in [1.165, 1.54) is 7.11 Å². The molecule has 0 saturated carbocycles. The number of thiol groups is 1. The first-order valence-electron chi connectivity index (χ1n) is 3.91. The van der Waals surface area contributed by atoms with Crippen molar-refractivity contribution in [3.8, 4) is 0 Å². The maximum absolute atomic E-state index is 13.7. The zero-order valence-electron chi connectivity index (χ0n) is 7.60. The molecule has 68 valence electrons. The molecule has 0 aromatic rings. The SMILES string of the molecule is CCC(C)C(F)(OC)C(C)S. The minimum atomic E-state index is -1.59. The van der Waals surface area contributed by atoms with Crippen LogP contribution >= 0.6 is 12.6 Å². The minimum absolute atomic E-state index is 0.111. The van der Waals surface area contributed by atoms with E-state index in [1.54, 1.807) is 6.92 Å². The van der Waals surface area contributed by atoms with Crippen LogP contribution in [0.2, 0.25) is 0 Å². The molecule has 0 aromatic carbocycles. The van der Waals surface area contributed by atoms with Crippen molar-refractivity contribution in [1.82, 2.24) is 0 Å². The third-order valence-electron chi connectivity index (χ3n) is 2.17. The molecule has 0 amide bonds. The summed E-state index contributed by atoms with van der Waals surface area (Å²) in [6, 6.07) is 0. The zero-order valence-corrected chi connectivity index (χ0v) is 8.49. The van der Waals surface area contributed by atoms with Gasteiger partial charge in [-0.3, -0.25) is 0 Å². The van der Waals surface area contributed by atoms with Crippen LogP contribution in [-0.4, -0.2) is 18.2 Å². The van der Waals surface area contributed by atoms with Crippen LogP contribution in [-0.2, 0) is 4.74 Å². The van der Waals surface area contributed by atoms with Gasteiger partial charge in [-0.05, 0) is 13.3 Å². The highest BCUT2D eigenvalue weighted by Gasteiger charge is 2.39. The Morgan fingerprint density at radius 3 is 2.09 bits per heavy atom. The van der Waals surface area contributed by atoms with Gasteiger partial charge in [-0.25, -0.2) is 4.39 Å². The van der Waals surface area contributed by atoms with Crippen molar-refractivity contribution in [2.75, 3.05) is 7.11 Å². The van der Waals surface area contributed by atoms with Crippen molar-refractivity contribution in [2.24, 2.45) is 5.92 Å². The monoisotopic (exact) mass is 180 g/mol. The van der Waals surface area contributed by atoms with E-state index in [0.717, 1.165) is 6.42 Å². The van der Waals surface area contributed by atoms with Gasteiger partial charge in [0.25, 0.3) is 0 Å². The van der Waals surface area contributed by atoms with Crippen LogP contribution < -0.4 is 0 Å². The lowest BCUT2D eigenvalue weighted by molar-refractivity contribution is -0.155. The van der Waals surface area contributed by atoms with Gasteiger partial charge in [0.1, 0.15) is 0 Å². The van der Waals surface area contributed by atoms with Crippen LogP contribution in [0.4, 0.5) is 4.39 Å². The fourth-order valence-electron chi connectivity index (χ4n) is 1.06. The Balaban J connectivity index is 4.32. The summed E-state index contributed by atoms with van der Waals surface area (Å²) in [5.41, 5.74) is 0. The highest BCUT2D eigenvalue weighted by atomic mass is 32.1. The van der Waals surface area contributed by atoms with Crippen LogP contribution in [0, 0.1) is 5.92 Å². The topological polar surface area (TPSA) is 9.23 Å². The molecule has 0 N–H and O–H groups in total. The molecule has 0 aliphatic rings. The lowest BCUT2D eigenvalue weighted by Crippen LogP contribution is -2.41. The first-order valence-corrected chi connectivity index (χ1v) is 4.42. The molecule has 0 heterocycles. The molecule has 0 spiro atoms. The van der Waals surface area contributed by atoms with Crippen molar-refractivity contribution >= 4 is 12.6 Å². The molecule has 3 unspecified atom stereocenters. The smallest absolute Gasteiger partial charge is 0.222 e. The molecule has 0 aliphatic heterocycles. The summed E-state index contributed by atoms with van der Waals surface area (Å²) in [4.78, 5) is 0. The molecule has 1 nitrogen and oxygen atoms in total. The van der Waals surface area contributed by atoms with Gasteiger partial charge in [0.05, 0.1) is 5.25 Å². The van der Waals surface area contributed by atoms with Crippen molar-refractivity contribution in [3.63, 3.8) is 0 Å². The van der Waals surface area contributed by atoms with E-state index in [0.29, 0.717) is 0 Å². The second-order valence-electron chi connectivity index (χ2n) is 2.89. The maximum atomic E-state index is 13.7. The van der Waals surface area contributed by atoms with Crippen LogP contribution in [0.25, 0.3) is 0 Å². The lowest BCUT2D eigenvalue weighted by Gasteiger charge is -2.32. The Labute approximate surface area is 73.7 Å². The van der Waals surface area contributed by atoms with Crippen molar-refractivity contribution in [2.45, 2.75) is 38.3 Å². The third-order valence-corrected chi connectivity index (χ3v) is 2.52. The molecule has 0 aliphatic carbocycles. The number of ether oxygens (including phenoxy) is 1. The van der Waals surface area contributed by atoms with Gasteiger partial charge in [0.15, 0.2) is 0 Å². The number of methoxy groups -OCH3 is 1. The second kappa shape index (κ2) is 4.31. The number of halogens is 1. The second-order valence-corrected chi connectivity index (χ2v) is 3.66. The summed E-state index contributed by atoms with van der Waals surface area (Å²) in [6.45, 7) is 5.48. The Hall–Kier alpha value is 0.240. The average molecular weight is 180 g/mol. The fraction of sp³-hybridized carbons (Fsp3) is 1.00. The lowest BCUT2D eigenvalue weighted by atomic mass is 9.97. The Morgan fingerprint density at radius 1 is 1.55 bits per heavy atom. The summed E-state index contributed by atoms with van der Waals surface area (Å²) >= 11 is 4.05. The summed E-state index contributed by atoms with van der Waals surface area (Å²) in [7, 11) is 1.39. The van der Waals surface area contributed by atoms with Crippen LogP contribution in [0.5, 0.6) is 0 Å². The standard InChI is InChI=1S/C8H17FOS/c1-5-6(2)8(9,10-4)7(3)11/h6-7,11H,5H2,1-4H3. The molecule has 0 aromatic heterocycles. The predicted molar refractivity (Wildman–Crippen MR) is 48.8 cm³/mol. The van der Waals surface area contributed by atoms with E-state index in [-0.39, 0.29) is 11.2 Å². The third kappa shape index (κ3) is 2.34. The average Bonchev–Trinajstić information content (AvgIpc) is 2.01. The van der Waals surface area contributed by atoms with Crippen molar-refractivity contribution in [3.05, 3.63) is 0 Å². The predicted octanol–water partition coefficient (Wildman–Crippen LogP) is 2.66. The van der Waals surface area contributed by atoms with E-state index >= 15 is 0 Å². The van der Waals surface area contributed by atoms with Gasteiger partial charge in [-0.15, -0.1) is 0 Å². The van der Waals surface area contributed by atoms with Crippen LogP contribution in [0.15, 0.2) is 0 Å². The summed E-state index contributed by atoms with van der Waals surface area (Å²) < 4.78 is 18.5. The van der Waals surface area contributed by atoms with Crippen molar-refractivity contribution < 1.29 is 9.13 Å². The van der Waals surface area contributed by atoms with E-state index in [1.807, 2.05) is 13.8 Å². The molecule has 0 bridgehead atoms. The largest absolute Gasteiger partial charge is 0.348 e. The molecule has 0 rings (SSSR count). The number of hydrogen-bond donors (Lipinski definition) is 1. The van der Waals surface area contributed by atoms with E-state index in [2.05, 4.69) is 12.6 Å². The van der Waals surface area contributed by atoms with Gasteiger partial charge in [-0.2, -0.15) is 12.6 Å². The van der Waals surface area contributed by atoms with Gasteiger partial charge < -0.3 is 4.74 Å². The van der Waals surface area contributed by atoms with Crippen molar-refractivity contribution in [1.29, 1.82) is 0 Å². The Kier molecular flexibility index (Phi) is 4.41. The molecule has 0 radical (unpaired) electrons. The molecular weight excluding hydrogens is 163 g/mol. The van der Waals surface area contributed by atoms with Gasteiger partial charge in [0, 0.05) is 13.0 Å². The molecule has 0 fully saturated rings. The van der Waals surface area contributed by atoms with Gasteiger partial charge in [0.2, 0.25) is 5.85 Å². The summed E-state index contributed by atoms with van der Waals surface area (Å²) in [6.07, 6.45) is 0.759. The molecule has 3 atom stereocenters. The molecule has 11 heavy (non-hydrogen) atoms. The zero-order chi connectivity index (χ0) is 9.07. The molecular formula is C8H17FOS. The molecule has 3 heteroatoms. The quantitative estimate of drug-likeness (QED) is 0.654. The van der Waals surface area contributed by atoms with Gasteiger partial charge >= 0.3 is 0 Å². The minimum Gasteiger partial charge on any atom is -0.348 e. The normalized spacial score (nSPS) is 22.4. The summed E-state index contributed by atoms with van der Waals surface area (Å²) in [5, 5.41) is -0.387. The van der Waals surface area contributed by atoms with Crippen LogP contribution in [0.1, 0.15) is 27.2 Å². The number of rotatable bonds is 4. The van der Waals surface area contributed by atoms with E-state index in [9.17, 15) is 4.39 Å². The first-order chi connectivity index (χ1) is 4.99. The first kappa shape index (κ1) is 11.2. The van der Waals surface area contributed by atoms with Gasteiger partial charge in [-0.1, -0.05) is 13.8 Å². The maximum Gasteiger partial charge on any atom is 0.222 e.